The fourth-order valence-electron chi connectivity index (χ4n) is 1.38. The van der Waals surface area contributed by atoms with Crippen LogP contribution in [-0.2, 0) is 9.84 Å². The summed E-state index contributed by atoms with van der Waals surface area (Å²) < 4.78 is 23.3. The maximum atomic E-state index is 11.7. The van der Waals surface area contributed by atoms with Crippen LogP contribution in [0.3, 0.4) is 0 Å². The molecular formula is C11H16N2O3S. The Balaban J connectivity index is 3.25. The zero-order chi connectivity index (χ0) is 13.2. The Morgan fingerprint density at radius 2 is 1.94 bits per heavy atom. The molecule has 1 aromatic carbocycles. The number of carbonyl (C=O) groups excluding carboxylic acids is 1. The van der Waals surface area contributed by atoms with Gasteiger partial charge in [0, 0.05) is 19.7 Å². The third kappa shape index (κ3) is 2.76. The molecule has 0 heterocycles. The number of hydrogen-bond acceptors (Lipinski definition) is 4. The molecule has 1 rings (SSSR count). The molecule has 0 bridgehead atoms. The molecule has 6 heteroatoms. The summed E-state index contributed by atoms with van der Waals surface area (Å²) in [7, 11) is -0.101. The second kappa shape index (κ2) is 4.75. The van der Waals surface area contributed by atoms with Crippen LogP contribution >= 0.6 is 0 Å². The molecule has 1 amide bonds. The third-order valence-corrected chi connectivity index (χ3v) is 4.18. The zero-order valence-corrected chi connectivity index (χ0v) is 10.9. The van der Waals surface area contributed by atoms with Crippen molar-refractivity contribution < 1.29 is 13.2 Å². The number of carbonyl (C=O) groups is 1. The van der Waals surface area contributed by atoms with Gasteiger partial charge in [0.25, 0.3) is 5.91 Å². The molecule has 0 aliphatic carbocycles. The Hall–Kier alpha value is -1.56. The van der Waals surface area contributed by atoms with E-state index in [0.717, 1.165) is 0 Å². The van der Waals surface area contributed by atoms with Crippen LogP contribution in [-0.4, -0.2) is 39.1 Å². The van der Waals surface area contributed by atoms with Gasteiger partial charge >= 0.3 is 0 Å². The van der Waals surface area contributed by atoms with E-state index in [0.29, 0.717) is 5.56 Å². The van der Waals surface area contributed by atoms with Crippen LogP contribution in [0.15, 0.2) is 23.1 Å². The van der Waals surface area contributed by atoms with Gasteiger partial charge in [-0.3, -0.25) is 4.79 Å². The maximum absolute atomic E-state index is 11.7. The average Bonchev–Trinajstić information content (AvgIpc) is 2.27. The van der Waals surface area contributed by atoms with E-state index in [1.165, 1.54) is 23.1 Å². The van der Waals surface area contributed by atoms with Crippen LogP contribution in [0, 0.1) is 0 Å². The Morgan fingerprint density at radius 1 is 1.35 bits per heavy atom. The lowest BCUT2D eigenvalue weighted by Gasteiger charge is -2.12. The van der Waals surface area contributed by atoms with Crippen LogP contribution in [0.5, 0.6) is 0 Å². The van der Waals surface area contributed by atoms with E-state index in [4.69, 9.17) is 5.73 Å². The first-order valence-corrected chi connectivity index (χ1v) is 6.78. The van der Waals surface area contributed by atoms with Gasteiger partial charge in [-0.2, -0.15) is 0 Å². The highest BCUT2D eigenvalue weighted by molar-refractivity contribution is 7.91. The molecule has 0 unspecified atom stereocenters. The molecule has 5 nitrogen and oxygen atoms in total. The van der Waals surface area contributed by atoms with Gasteiger partial charge in [-0.05, 0) is 18.2 Å². The Labute approximate surface area is 101 Å². The van der Waals surface area contributed by atoms with E-state index in [9.17, 15) is 13.2 Å². The minimum Gasteiger partial charge on any atom is -0.398 e. The van der Waals surface area contributed by atoms with Crippen molar-refractivity contribution in [1.29, 1.82) is 0 Å². The number of rotatable bonds is 3. The summed E-state index contributed by atoms with van der Waals surface area (Å²) in [6.07, 6.45) is 0. The van der Waals surface area contributed by atoms with Crippen molar-refractivity contribution >= 4 is 21.4 Å². The zero-order valence-electron chi connectivity index (χ0n) is 10.1. The van der Waals surface area contributed by atoms with Crippen molar-refractivity contribution in [1.82, 2.24) is 4.90 Å². The van der Waals surface area contributed by atoms with Crippen LogP contribution in [0.4, 0.5) is 5.69 Å². The fourth-order valence-corrected chi connectivity index (χ4v) is 2.38. The van der Waals surface area contributed by atoms with Crippen molar-refractivity contribution in [3.05, 3.63) is 23.8 Å². The van der Waals surface area contributed by atoms with Gasteiger partial charge in [-0.1, -0.05) is 6.92 Å². The topological polar surface area (TPSA) is 80.5 Å². The summed E-state index contributed by atoms with van der Waals surface area (Å²) >= 11 is 0. The number of amides is 1. The van der Waals surface area contributed by atoms with Gasteiger partial charge in [-0.15, -0.1) is 0 Å². The number of nitrogens with two attached hydrogens (primary N) is 1. The van der Waals surface area contributed by atoms with Gasteiger partial charge < -0.3 is 10.6 Å². The van der Waals surface area contributed by atoms with Crippen molar-refractivity contribution in [2.75, 3.05) is 25.6 Å². The first kappa shape index (κ1) is 13.5. The van der Waals surface area contributed by atoms with Gasteiger partial charge in [0.2, 0.25) is 0 Å². The molecule has 2 N–H and O–H groups in total. The molecule has 0 saturated heterocycles. The van der Waals surface area contributed by atoms with Crippen LogP contribution in [0.1, 0.15) is 17.3 Å². The Morgan fingerprint density at radius 3 is 2.35 bits per heavy atom. The molecule has 0 spiro atoms. The first-order chi connectivity index (χ1) is 7.79. The lowest BCUT2D eigenvalue weighted by molar-refractivity contribution is 0.0827. The molecule has 0 radical (unpaired) electrons. The quantitative estimate of drug-likeness (QED) is 0.810. The second-order valence-electron chi connectivity index (χ2n) is 3.86. The third-order valence-electron chi connectivity index (χ3n) is 2.38. The standard InChI is InChI=1S/C11H16N2O3S/c1-4-17(15,16)10-6-5-8(7-9(10)12)11(14)13(2)3/h5-7H,4,12H2,1-3H3. The smallest absolute Gasteiger partial charge is 0.253 e. The van der Waals surface area contributed by atoms with Crippen LogP contribution < -0.4 is 5.73 Å². The van der Waals surface area contributed by atoms with Crippen LogP contribution in [0.2, 0.25) is 0 Å². The van der Waals surface area contributed by atoms with Gasteiger partial charge in [0.15, 0.2) is 9.84 Å². The minimum atomic E-state index is -3.34. The van der Waals surface area contributed by atoms with E-state index < -0.39 is 9.84 Å². The minimum absolute atomic E-state index is 0.0157. The summed E-state index contributed by atoms with van der Waals surface area (Å²) in [5, 5.41) is 0. The first-order valence-electron chi connectivity index (χ1n) is 5.13. The highest BCUT2D eigenvalue weighted by Crippen LogP contribution is 2.21. The van der Waals surface area contributed by atoms with E-state index in [-0.39, 0.29) is 22.2 Å². The molecule has 0 atom stereocenters. The molecule has 0 fully saturated rings. The number of hydrogen-bond donors (Lipinski definition) is 1. The highest BCUT2D eigenvalue weighted by atomic mass is 32.2. The molecule has 1 aromatic rings. The Kier molecular flexibility index (Phi) is 3.77. The second-order valence-corrected chi connectivity index (χ2v) is 6.10. The lowest BCUT2D eigenvalue weighted by atomic mass is 10.2. The molecule has 0 aliphatic heterocycles. The highest BCUT2D eigenvalue weighted by Gasteiger charge is 2.17. The summed E-state index contributed by atoms with van der Waals surface area (Å²) in [5.74, 6) is -0.227. The van der Waals surface area contributed by atoms with Crippen molar-refractivity contribution in [2.24, 2.45) is 0 Å². The predicted octanol–water partition coefficient (Wildman–Crippen LogP) is 0.764. The molecule has 0 saturated carbocycles. The predicted molar refractivity (Wildman–Crippen MR) is 66.6 cm³/mol. The SMILES string of the molecule is CCS(=O)(=O)c1ccc(C(=O)N(C)C)cc1N. The monoisotopic (exact) mass is 256 g/mol. The Bertz CT molecular complexity index is 536. The lowest BCUT2D eigenvalue weighted by Crippen LogP contribution is -2.22. The normalized spacial score (nSPS) is 11.2. The van der Waals surface area contributed by atoms with E-state index >= 15 is 0 Å². The molecule has 17 heavy (non-hydrogen) atoms. The van der Waals surface area contributed by atoms with Crippen molar-refractivity contribution in [3.8, 4) is 0 Å². The van der Waals surface area contributed by atoms with Crippen molar-refractivity contribution in [3.63, 3.8) is 0 Å². The number of nitrogens with zero attached hydrogens (tertiary/aromatic N) is 1. The van der Waals surface area contributed by atoms with Gasteiger partial charge in [0.05, 0.1) is 16.3 Å². The summed E-state index contributed by atoms with van der Waals surface area (Å²) in [5.41, 5.74) is 6.16. The van der Waals surface area contributed by atoms with E-state index in [1.54, 1.807) is 21.0 Å². The van der Waals surface area contributed by atoms with Gasteiger partial charge in [0.1, 0.15) is 0 Å². The number of nitrogen functional groups attached to an aromatic ring is 1. The summed E-state index contributed by atoms with van der Waals surface area (Å²) in [6.45, 7) is 1.55. The molecular weight excluding hydrogens is 240 g/mol. The number of sulfone groups is 1. The molecule has 0 aliphatic rings. The average molecular weight is 256 g/mol. The molecule has 0 aromatic heterocycles. The fraction of sp³-hybridized carbons (Fsp3) is 0.364. The van der Waals surface area contributed by atoms with E-state index in [2.05, 4.69) is 0 Å². The van der Waals surface area contributed by atoms with Crippen LogP contribution in [0.25, 0.3) is 0 Å². The number of anilines is 1. The maximum Gasteiger partial charge on any atom is 0.253 e. The molecule has 94 valence electrons. The summed E-state index contributed by atoms with van der Waals surface area (Å²) in [6, 6.07) is 4.25. The summed E-state index contributed by atoms with van der Waals surface area (Å²) in [4.78, 5) is 13.1. The van der Waals surface area contributed by atoms with Crippen molar-refractivity contribution in [2.45, 2.75) is 11.8 Å². The van der Waals surface area contributed by atoms with Gasteiger partial charge in [-0.25, -0.2) is 8.42 Å². The van der Waals surface area contributed by atoms with E-state index in [1.807, 2.05) is 0 Å². The largest absolute Gasteiger partial charge is 0.398 e. The number of benzene rings is 1.